The van der Waals surface area contributed by atoms with Crippen LogP contribution in [0.2, 0.25) is 0 Å². The Morgan fingerprint density at radius 2 is 2.00 bits per heavy atom. The van der Waals surface area contributed by atoms with Crippen molar-refractivity contribution in [2.75, 3.05) is 33.2 Å². The minimum atomic E-state index is 0. The first-order chi connectivity index (χ1) is 7.01. The lowest BCUT2D eigenvalue weighted by Crippen LogP contribution is -2.40. The van der Waals surface area contributed by atoms with Crippen molar-refractivity contribution in [3.8, 4) is 0 Å². The summed E-state index contributed by atoms with van der Waals surface area (Å²) in [7, 11) is 2.06. The fourth-order valence-corrected chi connectivity index (χ4v) is 2.30. The van der Waals surface area contributed by atoms with E-state index in [4.69, 9.17) is 0 Å². The van der Waals surface area contributed by atoms with Crippen LogP contribution >= 0.6 is 12.4 Å². The van der Waals surface area contributed by atoms with Crippen molar-refractivity contribution in [1.82, 2.24) is 10.2 Å². The van der Waals surface area contributed by atoms with Crippen LogP contribution in [0.3, 0.4) is 0 Å². The Morgan fingerprint density at radius 1 is 1.31 bits per heavy atom. The standard InChI is InChI=1S/C13H28N2.ClH/c1-13(2,3)7-9-15-8-5-6-12(11-15)10-14-4;/h12,14H,5-11H2,1-4H3;1H. The van der Waals surface area contributed by atoms with E-state index in [2.05, 4.69) is 38.0 Å². The number of hydrogen-bond donors (Lipinski definition) is 1. The van der Waals surface area contributed by atoms with Gasteiger partial charge in [-0.1, -0.05) is 20.8 Å². The molecule has 1 aliphatic rings. The van der Waals surface area contributed by atoms with Crippen LogP contribution in [0.4, 0.5) is 0 Å². The summed E-state index contributed by atoms with van der Waals surface area (Å²) >= 11 is 0. The molecule has 98 valence electrons. The van der Waals surface area contributed by atoms with Crippen LogP contribution in [-0.4, -0.2) is 38.1 Å². The first-order valence-electron chi connectivity index (χ1n) is 6.38. The number of nitrogens with zero attached hydrogens (tertiary/aromatic N) is 1. The van der Waals surface area contributed by atoms with Crippen molar-refractivity contribution in [1.29, 1.82) is 0 Å². The number of rotatable bonds is 4. The minimum absolute atomic E-state index is 0. The molecule has 1 heterocycles. The third-order valence-corrected chi connectivity index (χ3v) is 3.27. The van der Waals surface area contributed by atoms with E-state index in [1.807, 2.05) is 0 Å². The van der Waals surface area contributed by atoms with Crippen molar-refractivity contribution < 1.29 is 0 Å². The lowest BCUT2D eigenvalue weighted by Gasteiger charge is -2.34. The van der Waals surface area contributed by atoms with Crippen LogP contribution in [0.5, 0.6) is 0 Å². The quantitative estimate of drug-likeness (QED) is 0.823. The summed E-state index contributed by atoms with van der Waals surface area (Å²) in [5.41, 5.74) is 0.482. The number of nitrogens with one attached hydrogen (secondary N) is 1. The Labute approximate surface area is 108 Å². The maximum absolute atomic E-state index is 3.30. The van der Waals surface area contributed by atoms with E-state index in [-0.39, 0.29) is 12.4 Å². The van der Waals surface area contributed by atoms with Gasteiger partial charge in [0.05, 0.1) is 0 Å². The van der Waals surface area contributed by atoms with Gasteiger partial charge in [-0.05, 0) is 57.3 Å². The highest BCUT2D eigenvalue weighted by atomic mass is 35.5. The van der Waals surface area contributed by atoms with E-state index in [0.29, 0.717) is 5.41 Å². The van der Waals surface area contributed by atoms with Gasteiger partial charge in [-0.3, -0.25) is 0 Å². The molecule has 1 saturated heterocycles. The molecule has 1 N–H and O–H groups in total. The van der Waals surface area contributed by atoms with Crippen molar-refractivity contribution >= 4 is 12.4 Å². The molecule has 1 fully saturated rings. The van der Waals surface area contributed by atoms with Gasteiger partial charge >= 0.3 is 0 Å². The third-order valence-electron chi connectivity index (χ3n) is 3.27. The SMILES string of the molecule is CNCC1CCCN(CCC(C)(C)C)C1.Cl. The largest absolute Gasteiger partial charge is 0.319 e. The average molecular weight is 249 g/mol. The van der Waals surface area contributed by atoms with Crippen LogP contribution in [0, 0.1) is 11.3 Å². The molecule has 0 saturated carbocycles. The molecule has 0 spiro atoms. The topological polar surface area (TPSA) is 15.3 Å². The zero-order valence-corrected chi connectivity index (χ0v) is 12.2. The molecular formula is C13H29ClN2. The van der Waals surface area contributed by atoms with E-state index >= 15 is 0 Å². The fraction of sp³-hybridized carbons (Fsp3) is 1.00. The maximum atomic E-state index is 3.30. The molecule has 1 rings (SSSR count). The molecule has 1 aliphatic heterocycles. The molecule has 0 amide bonds. The molecule has 1 unspecified atom stereocenters. The second kappa shape index (κ2) is 7.52. The number of halogens is 1. The first-order valence-corrected chi connectivity index (χ1v) is 6.38. The molecule has 0 aliphatic carbocycles. The molecule has 2 nitrogen and oxygen atoms in total. The molecule has 0 aromatic rings. The predicted octanol–water partition coefficient (Wildman–Crippen LogP) is 2.78. The Kier molecular flexibility index (Phi) is 7.62. The highest BCUT2D eigenvalue weighted by Crippen LogP contribution is 2.21. The molecule has 1 atom stereocenters. The summed E-state index contributed by atoms with van der Waals surface area (Å²) in [6.07, 6.45) is 4.11. The lowest BCUT2D eigenvalue weighted by atomic mass is 9.91. The monoisotopic (exact) mass is 248 g/mol. The second-order valence-electron chi connectivity index (χ2n) is 6.18. The van der Waals surface area contributed by atoms with Gasteiger partial charge in [0.15, 0.2) is 0 Å². The van der Waals surface area contributed by atoms with Gasteiger partial charge in [0.1, 0.15) is 0 Å². The van der Waals surface area contributed by atoms with Crippen LogP contribution in [0.15, 0.2) is 0 Å². The lowest BCUT2D eigenvalue weighted by molar-refractivity contribution is 0.154. The minimum Gasteiger partial charge on any atom is -0.319 e. The second-order valence-corrected chi connectivity index (χ2v) is 6.18. The third kappa shape index (κ3) is 6.72. The summed E-state index contributed by atoms with van der Waals surface area (Å²) in [4.78, 5) is 2.65. The van der Waals surface area contributed by atoms with Crippen LogP contribution in [0.25, 0.3) is 0 Å². The van der Waals surface area contributed by atoms with Crippen LogP contribution in [0.1, 0.15) is 40.0 Å². The van der Waals surface area contributed by atoms with Gasteiger partial charge in [-0.15, -0.1) is 12.4 Å². The number of piperidine rings is 1. The zero-order valence-electron chi connectivity index (χ0n) is 11.4. The van der Waals surface area contributed by atoms with Gasteiger partial charge in [-0.25, -0.2) is 0 Å². The normalized spacial score (nSPS) is 22.9. The Morgan fingerprint density at radius 3 is 2.56 bits per heavy atom. The highest BCUT2D eigenvalue weighted by Gasteiger charge is 2.20. The molecule has 0 bridgehead atoms. The van der Waals surface area contributed by atoms with Crippen molar-refractivity contribution in [2.45, 2.75) is 40.0 Å². The predicted molar refractivity (Wildman–Crippen MR) is 74.4 cm³/mol. The van der Waals surface area contributed by atoms with Crippen LogP contribution in [-0.2, 0) is 0 Å². The van der Waals surface area contributed by atoms with E-state index in [1.165, 1.54) is 45.4 Å². The maximum Gasteiger partial charge on any atom is 0.00218 e. The Bertz CT molecular complexity index is 175. The summed E-state index contributed by atoms with van der Waals surface area (Å²) in [5, 5.41) is 3.30. The smallest absolute Gasteiger partial charge is 0.00218 e. The fourth-order valence-electron chi connectivity index (χ4n) is 2.30. The number of hydrogen-bond acceptors (Lipinski definition) is 2. The highest BCUT2D eigenvalue weighted by molar-refractivity contribution is 5.85. The molecule has 16 heavy (non-hydrogen) atoms. The van der Waals surface area contributed by atoms with E-state index in [0.717, 1.165) is 5.92 Å². The van der Waals surface area contributed by atoms with E-state index < -0.39 is 0 Å². The van der Waals surface area contributed by atoms with Gasteiger partial charge in [0.2, 0.25) is 0 Å². The number of likely N-dealkylation sites (tertiary alicyclic amines) is 1. The molecule has 3 heteroatoms. The summed E-state index contributed by atoms with van der Waals surface area (Å²) in [5.74, 6) is 0.878. The molecule has 0 radical (unpaired) electrons. The summed E-state index contributed by atoms with van der Waals surface area (Å²) in [6, 6.07) is 0. The van der Waals surface area contributed by atoms with Gasteiger partial charge in [-0.2, -0.15) is 0 Å². The Hall–Kier alpha value is 0.210. The van der Waals surface area contributed by atoms with Crippen molar-refractivity contribution in [2.24, 2.45) is 11.3 Å². The van der Waals surface area contributed by atoms with Crippen LogP contribution < -0.4 is 5.32 Å². The molecule has 0 aromatic carbocycles. The van der Waals surface area contributed by atoms with Gasteiger partial charge < -0.3 is 10.2 Å². The first kappa shape index (κ1) is 16.2. The van der Waals surface area contributed by atoms with Gasteiger partial charge in [0, 0.05) is 6.54 Å². The van der Waals surface area contributed by atoms with Crippen molar-refractivity contribution in [3.05, 3.63) is 0 Å². The Balaban J connectivity index is 0.00000225. The molecular weight excluding hydrogens is 220 g/mol. The van der Waals surface area contributed by atoms with Gasteiger partial charge in [0.25, 0.3) is 0 Å². The summed E-state index contributed by atoms with van der Waals surface area (Å²) < 4.78 is 0. The average Bonchev–Trinajstić information content (AvgIpc) is 2.15. The van der Waals surface area contributed by atoms with Crippen molar-refractivity contribution in [3.63, 3.8) is 0 Å². The zero-order chi connectivity index (χ0) is 11.3. The summed E-state index contributed by atoms with van der Waals surface area (Å²) in [6.45, 7) is 12.1. The van der Waals surface area contributed by atoms with E-state index in [1.54, 1.807) is 0 Å². The molecule has 0 aromatic heterocycles. The van der Waals surface area contributed by atoms with E-state index in [9.17, 15) is 0 Å².